The maximum atomic E-state index is 12.0. The van der Waals surface area contributed by atoms with E-state index in [4.69, 9.17) is 16.3 Å². The maximum Gasteiger partial charge on any atom is 0.223 e. The minimum absolute atomic E-state index is 0.149. The number of halogens is 1. The average molecular weight is 276 g/mol. The Morgan fingerprint density at radius 1 is 1.59 bits per heavy atom. The number of hydrogen-bond acceptors (Lipinski definition) is 3. The van der Waals surface area contributed by atoms with Gasteiger partial charge >= 0.3 is 0 Å². The first-order chi connectivity index (χ1) is 8.27. The molecule has 0 N–H and O–H groups in total. The lowest BCUT2D eigenvalue weighted by Gasteiger charge is -2.21. The van der Waals surface area contributed by atoms with Crippen molar-refractivity contribution in [2.75, 3.05) is 26.1 Å². The molecule has 1 aromatic rings. The number of nitrogens with zero attached hydrogens (tertiary/aromatic N) is 1. The van der Waals surface area contributed by atoms with Crippen LogP contribution in [0.4, 0.5) is 0 Å². The van der Waals surface area contributed by atoms with E-state index in [0.29, 0.717) is 32.0 Å². The van der Waals surface area contributed by atoms with Gasteiger partial charge in [0.05, 0.1) is 13.2 Å². The molecule has 17 heavy (non-hydrogen) atoms. The van der Waals surface area contributed by atoms with Gasteiger partial charge in [-0.15, -0.1) is 22.9 Å². The minimum atomic E-state index is 0.149. The van der Waals surface area contributed by atoms with Crippen LogP contribution >= 0.6 is 22.9 Å². The Bertz CT molecular complexity index is 316. The fourth-order valence-electron chi connectivity index (χ4n) is 1.46. The van der Waals surface area contributed by atoms with Gasteiger partial charge in [-0.1, -0.05) is 6.07 Å². The first-order valence-electron chi connectivity index (χ1n) is 5.63. The first kappa shape index (κ1) is 14.5. The van der Waals surface area contributed by atoms with E-state index in [1.54, 1.807) is 18.4 Å². The Morgan fingerprint density at radius 2 is 2.41 bits per heavy atom. The van der Waals surface area contributed by atoms with Crippen LogP contribution in [0.3, 0.4) is 0 Å². The highest BCUT2D eigenvalue weighted by Crippen LogP contribution is 2.13. The van der Waals surface area contributed by atoms with Gasteiger partial charge in [-0.3, -0.25) is 4.79 Å². The molecule has 0 radical (unpaired) electrons. The summed E-state index contributed by atoms with van der Waals surface area (Å²) in [6.45, 7) is 1.87. The van der Waals surface area contributed by atoms with Crippen molar-refractivity contribution in [2.45, 2.75) is 19.4 Å². The third kappa shape index (κ3) is 5.52. The van der Waals surface area contributed by atoms with Crippen molar-refractivity contribution in [3.05, 3.63) is 22.4 Å². The molecule has 0 bridgehead atoms. The Labute approximate surface area is 111 Å². The molecule has 0 saturated heterocycles. The van der Waals surface area contributed by atoms with Gasteiger partial charge in [0.1, 0.15) is 0 Å². The van der Waals surface area contributed by atoms with Crippen molar-refractivity contribution < 1.29 is 9.53 Å². The number of amides is 1. The quantitative estimate of drug-likeness (QED) is 0.683. The van der Waals surface area contributed by atoms with Crippen molar-refractivity contribution in [3.63, 3.8) is 0 Å². The second-order valence-corrected chi connectivity index (χ2v) is 5.09. The summed E-state index contributed by atoms with van der Waals surface area (Å²) in [5.41, 5.74) is 0. The van der Waals surface area contributed by atoms with Gasteiger partial charge in [-0.25, -0.2) is 0 Å². The number of thiophene rings is 1. The minimum Gasteiger partial charge on any atom is -0.383 e. The van der Waals surface area contributed by atoms with E-state index in [1.807, 2.05) is 22.4 Å². The van der Waals surface area contributed by atoms with Gasteiger partial charge in [-0.05, 0) is 17.9 Å². The lowest BCUT2D eigenvalue weighted by Crippen LogP contribution is -2.33. The summed E-state index contributed by atoms with van der Waals surface area (Å²) in [4.78, 5) is 15.0. The van der Waals surface area contributed by atoms with E-state index in [-0.39, 0.29) is 5.91 Å². The normalized spacial score (nSPS) is 10.5. The monoisotopic (exact) mass is 275 g/mol. The maximum absolute atomic E-state index is 12.0. The second-order valence-electron chi connectivity index (χ2n) is 3.68. The highest BCUT2D eigenvalue weighted by molar-refractivity contribution is 7.09. The van der Waals surface area contributed by atoms with Gasteiger partial charge in [-0.2, -0.15) is 0 Å². The molecule has 96 valence electrons. The van der Waals surface area contributed by atoms with Crippen molar-refractivity contribution in [1.82, 2.24) is 4.90 Å². The fourth-order valence-corrected chi connectivity index (χ4v) is 2.31. The lowest BCUT2D eigenvalue weighted by molar-refractivity contribution is -0.132. The van der Waals surface area contributed by atoms with Crippen molar-refractivity contribution in [3.8, 4) is 0 Å². The molecule has 1 rings (SSSR count). The van der Waals surface area contributed by atoms with Gasteiger partial charge in [0, 0.05) is 30.8 Å². The molecule has 5 heteroatoms. The molecule has 0 unspecified atom stereocenters. The Hall–Kier alpha value is -0.580. The van der Waals surface area contributed by atoms with E-state index < -0.39 is 0 Å². The number of carbonyl (C=O) groups is 1. The molecular weight excluding hydrogens is 258 g/mol. The molecule has 0 aliphatic carbocycles. The van der Waals surface area contributed by atoms with Crippen LogP contribution in [0.1, 0.15) is 17.7 Å². The highest BCUT2D eigenvalue weighted by Gasteiger charge is 2.13. The zero-order chi connectivity index (χ0) is 12.5. The molecule has 0 spiro atoms. The summed E-state index contributed by atoms with van der Waals surface area (Å²) < 4.78 is 5.03. The lowest BCUT2D eigenvalue weighted by atomic mass is 10.3. The number of carbonyl (C=O) groups excluding carboxylic acids is 1. The Kier molecular flexibility index (Phi) is 7.24. The summed E-state index contributed by atoms with van der Waals surface area (Å²) in [5.74, 6) is 0.680. The summed E-state index contributed by atoms with van der Waals surface area (Å²) in [6, 6.07) is 4.04. The molecule has 0 aromatic carbocycles. The van der Waals surface area contributed by atoms with E-state index in [2.05, 4.69) is 0 Å². The summed E-state index contributed by atoms with van der Waals surface area (Å²) in [5, 5.41) is 2.02. The third-order valence-corrected chi connectivity index (χ3v) is 3.50. The van der Waals surface area contributed by atoms with Gasteiger partial charge < -0.3 is 9.64 Å². The zero-order valence-electron chi connectivity index (χ0n) is 10.0. The van der Waals surface area contributed by atoms with Crippen LogP contribution in [0.25, 0.3) is 0 Å². The standard InChI is InChI=1S/C12H18ClNO2S/c1-16-8-7-14(12(15)5-2-6-13)10-11-4-3-9-17-11/h3-4,9H,2,5-8,10H2,1H3. The molecule has 1 aromatic heterocycles. The molecule has 3 nitrogen and oxygen atoms in total. The molecule has 0 fully saturated rings. The number of hydrogen-bond donors (Lipinski definition) is 0. The van der Waals surface area contributed by atoms with Crippen LogP contribution in [0.15, 0.2) is 17.5 Å². The number of alkyl halides is 1. The van der Waals surface area contributed by atoms with E-state index in [9.17, 15) is 4.79 Å². The number of ether oxygens (including phenoxy) is 1. The van der Waals surface area contributed by atoms with Crippen LogP contribution in [-0.2, 0) is 16.1 Å². The van der Waals surface area contributed by atoms with Gasteiger partial charge in [0.2, 0.25) is 5.91 Å². The molecule has 0 atom stereocenters. The molecule has 0 aliphatic heterocycles. The Balaban J connectivity index is 2.50. The van der Waals surface area contributed by atoms with Crippen molar-refractivity contribution >= 4 is 28.8 Å². The number of methoxy groups -OCH3 is 1. The van der Waals surface area contributed by atoms with E-state index >= 15 is 0 Å². The van der Waals surface area contributed by atoms with Gasteiger partial charge in [0.15, 0.2) is 0 Å². The smallest absolute Gasteiger partial charge is 0.223 e. The third-order valence-electron chi connectivity index (χ3n) is 2.37. The number of rotatable bonds is 8. The Morgan fingerprint density at radius 3 is 3.00 bits per heavy atom. The predicted octanol–water partition coefficient (Wildman–Crippen LogP) is 2.74. The average Bonchev–Trinajstić information content (AvgIpc) is 2.84. The van der Waals surface area contributed by atoms with E-state index in [1.165, 1.54) is 4.88 Å². The summed E-state index contributed by atoms with van der Waals surface area (Å²) in [6.07, 6.45) is 1.24. The largest absolute Gasteiger partial charge is 0.383 e. The molecular formula is C12H18ClNO2S. The molecule has 1 heterocycles. The molecule has 0 saturated carbocycles. The summed E-state index contributed by atoms with van der Waals surface area (Å²) in [7, 11) is 1.65. The van der Waals surface area contributed by atoms with Crippen molar-refractivity contribution in [2.24, 2.45) is 0 Å². The first-order valence-corrected chi connectivity index (χ1v) is 7.04. The second kappa shape index (κ2) is 8.50. The van der Waals surface area contributed by atoms with Crippen LogP contribution in [0.5, 0.6) is 0 Å². The van der Waals surface area contributed by atoms with Crippen LogP contribution in [0, 0.1) is 0 Å². The molecule has 1 amide bonds. The van der Waals surface area contributed by atoms with Gasteiger partial charge in [0.25, 0.3) is 0 Å². The van der Waals surface area contributed by atoms with E-state index in [0.717, 1.165) is 6.42 Å². The topological polar surface area (TPSA) is 29.5 Å². The predicted molar refractivity (Wildman–Crippen MR) is 71.6 cm³/mol. The molecule has 0 aliphatic rings. The SMILES string of the molecule is COCCN(Cc1cccs1)C(=O)CCCCl. The van der Waals surface area contributed by atoms with Crippen molar-refractivity contribution in [1.29, 1.82) is 0 Å². The van der Waals surface area contributed by atoms with Crippen LogP contribution in [-0.4, -0.2) is 36.9 Å². The summed E-state index contributed by atoms with van der Waals surface area (Å²) >= 11 is 7.27. The van der Waals surface area contributed by atoms with Crippen LogP contribution in [0.2, 0.25) is 0 Å². The zero-order valence-corrected chi connectivity index (χ0v) is 11.6. The highest BCUT2D eigenvalue weighted by atomic mass is 35.5. The fraction of sp³-hybridized carbons (Fsp3) is 0.583. The van der Waals surface area contributed by atoms with Crippen LogP contribution < -0.4 is 0 Å².